The molecule has 2 heterocycles. The minimum absolute atomic E-state index is 0.998. The predicted octanol–water partition coefficient (Wildman–Crippen LogP) is 1.42. The molecule has 0 atom stereocenters. The van der Waals surface area contributed by atoms with Gasteiger partial charge in [-0.2, -0.15) is 0 Å². The lowest BCUT2D eigenvalue weighted by Gasteiger charge is -2.27. The summed E-state index contributed by atoms with van der Waals surface area (Å²) in [5.41, 5.74) is 1.16. The van der Waals surface area contributed by atoms with Gasteiger partial charge in [0.05, 0.1) is 12.2 Å². The monoisotopic (exact) mass is 191 g/mol. The zero-order chi connectivity index (χ0) is 9.54. The van der Waals surface area contributed by atoms with Gasteiger partial charge in [-0.15, -0.1) is 0 Å². The molecule has 3 heteroatoms. The number of aryl methyl sites for hydroxylation is 1. The molecule has 0 aromatic carbocycles. The molecule has 76 valence electrons. The van der Waals surface area contributed by atoms with Gasteiger partial charge in [0.2, 0.25) is 0 Å². The van der Waals surface area contributed by atoms with Crippen LogP contribution in [0.4, 0.5) is 0 Å². The van der Waals surface area contributed by atoms with Gasteiger partial charge in [-0.05, 0) is 25.7 Å². The summed E-state index contributed by atoms with van der Waals surface area (Å²) in [6.07, 6.45) is 5.07. The van der Waals surface area contributed by atoms with Gasteiger partial charge in [-0.1, -0.05) is 0 Å². The minimum Gasteiger partial charge on any atom is -0.332 e. The molecule has 0 N–H and O–H groups in total. The fraction of sp³-hybridized carbons (Fsp3) is 0.727. The third kappa shape index (κ3) is 1.57. The fourth-order valence-corrected chi connectivity index (χ4v) is 2.27. The Morgan fingerprint density at radius 3 is 3.07 bits per heavy atom. The van der Waals surface area contributed by atoms with Gasteiger partial charge < -0.3 is 4.57 Å². The summed E-state index contributed by atoms with van der Waals surface area (Å²) >= 11 is 0. The Balaban J connectivity index is 1.71. The molecule has 1 aromatic rings. The SMILES string of the molecule is Cc1cn2c(n1)CN(CC1CC1)CC2. The molecule has 1 aliphatic heterocycles. The summed E-state index contributed by atoms with van der Waals surface area (Å²) in [5, 5.41) is 0. The molecule has 0 radical (unpaired) electrons. The first-order valence-electron chi connectivity index (χ1n) is 5.56. The van der Waals surface area contributed by atoms with E-state index in [1.54, 1.807) is 0 Å². The van der Waals surface area contributed by atoms with Gasteiger partial charge >= 0.3 is 0 Å². The van der Waals surface area contributed by atoms with Gasteiger partial charge in [-0.25, -0.2) is 4.98 Å². The molecule has 0 saturated heterocycles. The van der Waals surface area contributed by atoms with Crippen LogP contribution in [0.25, 0.3) is 0 Å². The molecule has 1 aromatic heterocycles. The van der Waals surface area contributed by atoms with Crippen LogP contribution in [-0.4, -0.2) is 27.5 Å². The van der Waals surface area contributed by atoms with Gasteiger partial charge in [0.15, 0.2) is 0 Å². The molecule has 3 nitrogen and oxygen atoms in total. The molecular weight excluding hydrogens is 174 g/mol. The highest BCUT2D eigenvalue weighted by Gasteiger charge is 2.26. The highest BCUT2D eigenvalue weighted by Crippen LogP contribution is 2.30. The third-order valence-corrected chi connectivity index (χ3v) is 3.22. The number of fused-ring (bicyclic) bond motifs is 1. The van der Waals surface area contributed by atoms with E-state index >= 15 is 0 Å². The quantitative estimate of drug-likeness (QED) is 0.705. The average molecular weight is 191 g/mol. The van der Waals surface area contributed by atoms with Crippen molar-refractivity contribution in [1.29, 1.82) is 0 Å². The maximum Gasteiger partial charge on any atom is 0.123 e. The Labute approximate surface area is 84.7 Å². The van der Waals surface area contributed by atoms with Crippen molar-refractivity contribution in [3.63, 3.8) is 0 Å². The van der Waals surface area contributed by atoms with Gasteiger partial charge in [0, 0.05) is 25.8 Å². The van der Waals surface area contributed by atoms with Crippen LogP contribution in [0.15, 0.2) is 6.20 Å². The smallest absolute Gasteiger partial charge is 0.123 e. The van der Waals surface area contributed by atoms with Crippen LogP contribution in [-0.2, 0) is 13.1 Å². The van der Waals surface area contributed by atoms with E-state index in [1.807, 2.05) is 0 Å². The second-order valence-electron chi connectivity index (χ2n) is 4.67. The first-order valence-corrected chi connectivity index (χ1v) is 5.56. The molecule has 0 unspecified atom stereocenters. The van der Waals surface area contributed by atoms with E-state index in [9.17, 15) is 0 Å². The number of hydrogen-bond acceptors (Lipinski definition) is 2. The van der Waals surface area contributed by atoms with E-state index in [2.05, 4.69) is 27.6 Å². The number of imidazole rings is 1. The van der Waals surface area contributed by atoms with Crippen molar-refractivity contribution in [2.75, 3.05) is 13.1 Å². The molecule has 0 spiro atoms. The Morgan fingerprint density at radius 2 is 2.29 bits per heavy atom. The lowest BCUT2D eigenvalue weighted by molar-refractivity contribution is 0.209. The second kappa shape index (κ2) is 3.09. The summed E-state index contributed by atoms with van der Waals surface area (Å²) in [6, 6.07) is 0. The van der Waals surface area contributed by atoms with Crippen LogP contribution >= 0.6 is 0 Å². The Bertz CT molecular complexity index is 338. The summed E-state index contributed by atoms with van der Waals surface area (Å²) in [4.78, 5) is 7.11. The molecule has 2 aliphatic rings. The van der Waals surface area contributed by atoms with Crippen LogP contribution in [0.2, 0.25) is 0 Å². The standard InChI is InChI=1S/C11H17N3/c1-9-6-14-5-4-13(7-10-2-3-10)8-11(14)12-9/h6,10H,2-5,7-8H2,1H3. The molecule has 1 fully saturated rings. The number of rotatable bonds is 2. The van der Waals surface area contributed by atoms with E-state index in [1.165, 1.54) is 31.8 Å². The van der Waals surface area contributed by atoms with Crippen LogP contribution in [0, 0.1) is 12.8 Å². The molecule has 0 bridgehead atoms. The van der Waals surface area contributed by atoms with E-state index < -0.39 is 0 Å². The van der Waals surface area contributed by atoms with Crippen LogP contribution in [0.3, 0.4) is 0 Å². The largest absolute Gasteiger partial charge is 0.332 e. The number of nitrogens with zero attached hydrogens (tertiary/aromatic N) is 3. The Morgan fingerprint density at radius 1 is 1.43 bits per heavy atom. The highest BCUT2D eigenvalue weighted by molar-refractivity contribution is 5.04. The van der Waals surface area contributed by atoms with Crippen LogP contribution < -0.4 is 0 Å². The van der Waals surface area contributed by atoms with Crippen molar-refractivity contribution >= 4 is 0 Å². The Hall–Kier alpha value is -0.830. The summed E-state index contributed by atoms with van der Waals surface area (Å²) in [5.74, 6) is 2.26. The van der Waals surface area contributed by atoms with Crippen molar-refractivity contribution in [1.82, 2.24) is 14.5 Å². The first-order chi connectivity index (χ1) is 6.81. The average Bonchev–Trinajstić information content (AvgIpc) is 2.86. The van der Waals surface area contributed by atoms with Gasteiger partial charge in [0.1, 0.15) is 5.82 Å². The van der Waals surface area contributed by atoms with Crippen molar-refractivity contribution < 1.29 is 0 Å². The first kappa shape index (κ1) is 8.48. The van der Waals surface area contributed by atoms with E-state index in [4.69, 9.17) is 0 Å². The van der Waals surface area contributed by atoms with Crippen molar-refractivity contribution in [2.45, 2.75) is 32.9 Å². The topological polar surface area (TPSA) is 21.1 Å². The summed E-state index contributed by atoms with van der Waals surface area (Å²) in [7, 11) is 0. The van der Waals surface area contributed by atoms with E-state index in [-0.39, 0.29) is 0 Å². The zero-order valence-electron chi connectivity index (χ0n) is 8.74. The summed E-state index contributed by atoms with van der Waals surface area (Å²) < 4.78 is 2.30. The van der Waals surface area contributed by atoms with Crippen LogP contribution in [0.5, 0.6) is 0 Å². The van der Waals surface area contributed by atoms with Crippen molar-refractivity contribution in [3.05, 3.63) is 17.7 Å². The normalized spacial score (nSPS) is 22.4. The van der Waals surface area contributed by atoms with Crippen LogP contribution in [0.1, 0.15) is 24.4 Å². The molecule has 14 heavy (non-hydrogen) atoms. The molecule has 3 rings (SSSR count). The lowest BCUT2D eigenvalue weighted by atomic mass is 10.3. The van der Waals surface area contributed by atoms with E-state index in [0.717, 1.165) is 24.7 Å². The van der Waals surface area contributed by atoms with E-state index in [0.29, 0.717) is 0 Å². The molecule has 1 aliphatic carbocycles. The molecule has 0 amide bonds. The molecular formula is C11H17N3. The molecule has 1 saturated carbocycles. The number of hydrogen-bond donors (Lipinski definition) is 0. The van der Waals surface area contributed by atoms with Crippen molar-refractivity contribution in [3.8, 4) is 0 Å². The van der Waals surface area contributed by atoms with Gasteiger partial charge in [-0.3, -0.25) is 4.90 Å². The fourth-order valence-electron chi connectivity index (χ4n) is 2.27. The summed E-state index contributed by atoms with van der Waals surface area (Å²) in [6.45, 7) is 6.77. The third-order valence-electron chi connectivity index (χ3n) is 3.22. The second-order valence-corrected chi connectivity index (χ2v) is 4.67. The highest BCUT2D eigenvalue weighted by atomic mass is 15.2. The lowest BCUT2D eigenvalue weighted by Crippen LogP contribution is -2.34. The predicted molar refractivity (Wildman–Crippen MR) is 55.0 cm³/mol. The maximum atomic E-state index is 4.55. The Kier molecular flexibility index (Phi) is 1.87. The minimum atomic E-state index is 0.998. The van der Waals surface area contributed by atoms with Gasteiger partial charge in [0.25, 0.3) is 0 Å². The number of aromatic nitrogens is 2. The zero-order valence-corrected chi connectivity index (χ0v) is 8.74. The maximum absolute atomic E-state index is 4.55. The van der Waals surface area contributed by atoms with Crippen molar-refractivity contribution in [2.24, 2.45) is 5.92 Å².